The topological polar surface area (TPSA) is 61.9 Å². The van der Waals surface area contributed by atoms with Crippen LogP contribution in [0.2, 0.25) is 5.02 Å². The van der Waals surface area contributed by atoms with Gasteiger partial charge in [0.2, 0.25) is 5.91 Å². The summed E-state index contributed by atoms with van der Waals surface area (Å²) in [5.74, 6) is 0.397. The lowest BCUT2D eigenvalue weighted by Crippen LogP contribution is -2.52. The van der Waals surface area contributed by atoms with Crippen LogP contribution in [0.3, 0.4) is 0 Å². The van der Waals surface area contributed by atoms with Gasteiger partial charge in [-0.05, 0) is 17.7 Å². The van der Waals surface area contributed by atoms with E-state index in [9.17, 15) is 9.59 Å². The first-order valence-electron chi connectivity index (χ1n) is 8.40. The number of halogens is 1. The van der Waals surface area contributed by atoms with E-state index in [1.54, 1.807) is 12.1 Å². The van der Waals surface area contributed by atoms with E-state index >= 15 is 0 Å². The molecule has 1 N–H and O–H groups in total. The molecule has 0 radical (unpaired) electrons. The molecule has 26 heavy (non-hydrogen) atoms. The molecule has 0 spiro atoms. The summed E-state index contributed by atoms with van der Waals surface area (Å²) in [5, 5.41) is 3.46. The van der Waals surface area contributed by atoms with Gasteiger partial charge in [-0.3, -0.25) is 9.69 Å². The minimum atomic E-state index is -0.371. The first-order valence-corrected chi connectivity index (χ1v) is 10.2. The average Bonchev–Trinajstić information content (AvgIpc) is 2.64. The van der Waals surface area contributed by atoms with Crippen molar-refractivity contribution >= 4 is 51.8 Å². The summed E-state index contributed by atoms with van der Waals surface area (Å²) in [6, 6.07) is 6.49. The Morgan fingerprint density at radius 1 is 1.35 bits per heavy atom. The molecule has 3 amide bonds. The second-order valence-corrected chi connectivity index (χ2v) is 8.19. The number of carbonyl (C=O) groups excluding carboxylic acids is 2. The number of nitrogens with one attached hydrogen (secondary N) is 1. The minimum absolute atomic E-state index is 0.184. The summed E-state index contributed by atoms with van der Waals surface area (Å²) >= 11 is 12.9. The van der Waals surface area contributed by atoms with Gasteiger partial charge in [-0.25, -0.2) is 4.79 Å². The standard InChI is InChI=1S/C17H20ClN3O3S2/c18-13-3-1-2-12(10-13)14-11-15(22)21(16(23)19-14)6-9-26-17(25)20-4-7-24-8-5-20/h1-3,10,14H,4-9,11H2,(H,19,23)/t14-/m0/s1. The molecule has 1 aromatic rings. The SMILES string of the molecule is O=C1C[C@@H](c2cccc(Cl)c2)NC(=O)N1CCSC(=S)N1CCOCC1. The maximum Gasteiger partial charge on any atom is 0.324 e. The second-order valence-electron chi connectivity index (χ2n) is 6.02. The summed E-state index contributed by atoms with van der Waals surface area (Å²) in [6.45, 7) is 3.27. The van der Waals surface area contributed by atoms with Crippen molar-refractivity contribution in [2.45, 2.75) is 12.5 Å². The number of amides is 3. The quantitative estimate of drug-likeness (QED) is 0.766. The van der Waals surface area contributed by atoms with Crippen molar-refractivity contribution in [3.63, 3.8) is 0 Å². The van der Waals surface area contributed by atoms with Gasteiger partial charge in [0.05, 0.1) is 25.7 Å². The number of hydrogen-bond acceptors (Lipinski definition) is 5. The molecule has 2 fully saturated rings. The molecule has 3 rings (SSSR count). The third-order valence-corrected chi connectivity index (χ3v) is 6.02. The number of hydrogen-bond donors (Lipinski definition) is 1. The highest BCUT2D eigenvalue weighted by Crippen LogP contribution is 2.25. The summed E-state index contributed by atoms with van der Waals surface area (Å²) in [5.41, 5.74) is 0.835. The van der Waals surface area contributed by atoms with Crippen LogP contribution in [0.1, 0.15) is 18.0 Å². The van der Waals surface area contributed by atoms with E-state index in [1.807, 2.05) is 12.1 Å². The van der Waals surface area contributed by atoms with Gasteiger partial charge >= 0.3 is 6.03 Å². The molecule has 0 aliphatic carbocycles. The molecule has 2 aliphatic rings. The van der Waals surface area contributed by atoms with Crippen LogP contribution in [-0.2, 0) is 9.53 Å². The zero-order valence-corrected chi connectivity index (χ0v) is 16.5. The van der Waals surface area contributed by atoms with Gasteiger partial charge in [-0.1, -0.05) is 47.7 Å². The van der Waals surface area contributed by atoms with Crippen molar-refractivity contribution in [3.05, 3.63) is 34.9 Å². The third kappa shape index (κ3) is 4.88. The average molecular weight is 414 g/mol. The molecule has 0 aromatic heterocycles. The molecule has 1 aromatic carbocycles. The number of urea groups is 1. The summed E-state index contributed by atoms with van der Waals surface area (Å²) in [6.07, 6.45) is 0.227. The van der Waals surface area contributed by atoms with E-state index in [4.69, 9.17) is 28.6 Å². The first kappa shape index (κ1) is 19.4. The number of thioether (sulfide) groups is 1. The molecule has 1 atom stereocenters. The summed E-state index contributed by atoms with van der Waals surface area (Å²) < 4.78 is 6.09. The van der Waals surface area contributed by atoms with Crippen molar-refractivity contribution in [2.75, 3.05) is 38.6 Å². The zero-order valence-electron chi connectivity index (χ0n) is 14.2. The van der Waals surface area contributed by atoms with Gasteiger partial charge < -0.3 is 15.0 Å². The van der Waals surface area contributed by atoms with Gasteiger partial charge in [0, 0.05) is 30.4 Å². The Labute approximate surface area is 167 Å². The summed E-state index contributed by atoms with van der Waals surface area (Å²) in [4.78, 5) is 28.1. The van der Waals surface area contributed by atoms with Crippen molar-refractivity contribution in [2.24, 2.45) is 0 Å². The van der Waals surface area contributed by atoms with Gasteiger partial charge in [-0.15, -0.1) is 0 Å². The van der Waals surface area contributed by atoms with Gasteiger partial charge in [0.25, 0.3) is 0 Å². The molecule has 6 nitrogen and oxygen atoms in total. The van der Waals surface area contributed by atoms with E-state index in [0.29, 0.717) is 30.5 Å². The molecule has 0 unspecified atom stereocenters. The predicted molar refractivity (Wildman–Crippen MR) is 107 cm³/mol. The smallest absolute Gasteiger partial charge is 0.324 e. The minimum Gasteiger partial charge on any atom is -0.378 e. The monoisotopic (exact) mass is 413 g/mol. The molecular formula is C17H20ClN3O3S2. The Morgan fingerprint density at radius 2 is 2.12 bits per heavy atom. The number of thiocarbonyl (C=S) groups is 1. The van der Waals surface area contributed by atoms with Crippen molar-refractivity contribution < 1.29 is 14.3 Å². The predicted octanol–water partition coefficient (Wildman–Crippen LogP) is 2.67. The maximum absolute atomic E-state index is 12.4. The molecule has 140 valence electrons. The van der Waals surface area contributed by atoms with Crippen molar-refractivity contribution in [3.8, 4) is 0 Å². The second kappa shape index (κ2) is 9.03. The number of benzene rings is 1. The van der Waals surface area contributed by atoms with Crippen LogP contribution < -0.4 is 5.32 Å². The third-order valence-electron chi connectivity index (χ3n) is 4.28. The van der Waals surface area contributed by atoms with Crippen LogP contribution >= 0.6 is 35.6 Å². The van der Waals surface area contributed by atoms with Crippen molar-refractivity contribution in [1.29, 1.82) is 0 Å². The van der Waals surface area contributed by atoms with E-state index in [-0.39, 0.29) is 24.4 Å². The highest BCUT2D eigenvalue weighted by atomic mass is 35.5. The number of imide groups is 1. The molecule has 9 heteroatoms. The molecule has 2 aliphatic heterocycles. The fraction of sp³-hybridized carbons (Fsp3) is 0.471. The van der Waals surface area contributed by atoms with Crippen molar-refractivity contribution in [1.82, 2.24) is 15.1 Å². The van der Waals surface area contributed by atoms with Crippen LogP contribution in [0.25, 0.3) is 0 Å². The Bertz CT molecular complexity index is 680. The van der Waals surface area contributed by atoms with E-state index in [2.05, 4.69) is 10.2 Å². The first-order chi connectivity index (χ1) is 12.5. The fourth-order valence-electron chi connectivity index (χ4n) is 2.89. The number of morpholine rings is 1. The van der Waals surface area contributed by atoms with Crippen LogP contribution in [0, 0.1) is 0 Å². The lowest BCUT2D eigenvalue weighted by Gasteiger charge is -2.32. The molecule has 2 heterocycles. The number of carbonyl (C=O) groups is 2. The molecule has 2 saturated heterocycles. The number of ether oxygens (including phenoxy) is 1. The number of nitrogens with zero attached hydrogens (tertiary/aromatic N) is 2. The van der Waals surface area contributed by atoms with E-state index < -0.39 is 0 Å². The lowest BCUT2D eigenvalue weighted by molar-refractivity contribution is -0.130. The van der Waals surface area contributed by atoms with Gasteiger partial charge in [-0.2, -0.15) is 0 Å². The van der Waals surface area contributed by atoms with Crippen LogP contribution in [0.4, 0.5) is 4.79 Å². The number of rotatable bonds is 4. The summed E-state index contributed by atoms with van der Waals surface area (Å²) in [7, 11) is 0. The molecular weight excluding hydrogens is 394 g/mol. The Kier molecular flexibility index (Phi) is 6.74. The van der Waals surface area contributed by atoms with Crippen LogP contribution in [0.5, 0.6) is 0 Å². The Hall–Kier alpha value is -1.35. The van der Waals surface area contributed by atoms with E-state index in [1.165, 1.54) is 16.7 Å². The molecule has 0 saturated carbocycles. The van der Waals surface area contributed by atoms with Crippen LogP contribution in [-0.4, -0.2) is 64.7 Å². The van der Waals surface area contributed by atoms with Crippen LogP contribution in [0.15, 0.2) is 24.3 Å². The highest BCUT2D eigenvalue weighted by Gasteiger charge is 2.32. The maximum atomic E-state index is 12.4. The lowest BCUT2D eigenvalue weighted by atomic mass is 10.0. The van der Waals surface area contributed by atoms with E-state index in [0.717, 1.165) is 23.0 Å². The Morgan fingerprint density at radius 3 is 2.81 bits per heavy atom. The van der Waals surface area contributed by atoms with Gasteiger partial charge in [0.15, 0.2) is 0 Å². The highest BCUT2D eigenvalue weighted by molar-refractivity contribution is 8.22. The van der Waals surface area contributed by atoms with Gasteiger partial charge in [0.1, 0.15) is 4.32 Å². The largest absolute Gasteiger partial charge is 0.378 e. The fourth-order valence-corrected chi connectivity index (χ4v) is 4.33. The zero-order chi connectivity index (χ0) is 18.5. The molecule has 0 bridgehead atoms. The normalized spacial score (nSPS) is 20.9. The Balaban J connectivity index is 1.50.